The molecular weight excluding hydrogens is 320 g/mol. The largest absolute Gasteiger partial charge is 0.467 e. The van der Waals surface area contributed by atoms with Gasteiger partial charge in [-0.1, -0.05) is 12.1 Å². The SMILES string of the molecule is S=C1N[C@H](c2ccccn2)[C@H](c2ccco2)N1Cc1ccccn1. The van der Waals surface area contributed by atoms with Gasteiger partial charge in [-0.3, -0.25) is 9.97 Å². The van der Waals surface area contributed by atoms with E-state index in [0.29, 0.717) is 11.7 Å². The van der Waals surface area contributed by atoms with E-state index in [0.717, 1.165) is 17.1 Å². The molecule has 120 valence electrons. The van der Waals surface area contributed by atoms with Crippen LogP contribution in [0.4, 0.5) is 0 Å². The molecule has 2 atom stereocenters. The van der Waals surface area contributed by atoms with Crippen LogP contribution < -0.4 is 5.32 Å². The van der Waals surface area contributed by atoms with Crippen LogP contribution in [0.5, 0.6) is 0 Å². The molecule has 0 saturated carbocycles. The average Bonchev–Trinajstić information content (AvgIpc) is 3.25. The normalized spacial score (nSPS) is 20.2. The lowest BCUT2D eigenvalue weighted by Crippen LogP contribution is -2.29. The van der Waals surface area contributed by atoms with Crippen LogP contribution in [0.25, 0.3) is 0 Å². The first-order valence-corrected chi connectivity index (χ1v) is 8.15. The number of nitrogens with one attached hydrogen (secondary N) is 1. The van der Waals surface area contributed by atoms with Crippen LogP contribution >= 0.6 is 12.2 Å². The summed E-state index contributed by atoms with van der Waals surface area (Å²) in [6, 6.07) is 15.5. The predicted molar refractivity (Wildman–Crippen MR) is 93.9 cm³/mol. The number of pyridine rings is 2. The molecule has 0 aliphatic carbocycles. The fourth-order valence-electron chi connectivity index (χ4n) is 3.01. The zero-order valence-electron chi connectivity index (χ0n) is 12.9. The second kappa shape index (κ2) is 6.41. The molecule has 3 aromatic heterocycles. The van der Waals surface area contributed by atoms with Gasteiger partial charge in [0.1, 0.15) is 11.8 Å². The lowest BCUT2D eigenvalue weighted by atomic mass is 10.0. The van der Waals surface area contributed by atoms with Crippen LogP contribution in [-0.4, -0.2) is 20.0 Å². The maximum atomic E-state index is 5.70. The quantitative estimate of drug-likeness (QED) is 0.738. The molecule has 3 aromatic rings. The maximum absolute atomic E-state index is 5.70. The van der Waals surface area contributed by atoms with E-state index in [-0.39, 0.29) is 12.1 Å². The summed E-state index contributed by atoms with van der Waals surface area (Å²) in [6.45, 7) is 0.612. The lowest BCUT2D eigenvalue weighted by molar-refractivity contribution is 0.265. The monoisotopic (exact) mass is 336 g/mol. The highest BCUT2D eigenvalue weighted by atomic mass is 32.1. The van der Waals surface area contributed by atoms with Crippen molar-refractivity contribution in [3.05, 3.63) is 84.3 Å². The summed E-state index contributed by atoms with van der Waals surface area (Å²) >= 11 is 5.59. The number of nitrogens with zero attached hydrogens (tertiary/aromatic N) is 3. The van der Waals surface area contributed by atoms with E-state index < -0.39 is 0 Å². The number of hydrogen-bond acceptors (Lipinski definition) is 4. The van der Waals surface area contributed by atoms with E-state index in [9.17, 15) is 0 Å². The summed E-state index contributed by atoms with van der Waals surface area (Å²) in [5.41, 5.74) is 1.89. The highest BCUT2D eigenvalue weighted by Gasteiger charge is 2.41. The van der Waals surface area contributed by atoms with Crippen LogP contribution in [0.2, 0.25) is 0 Å². The average molecular weight is 336 g/mol. The summed E-state index contributed by atoms with van der Waals surface area (Å²) in [5.74, 6) is 0.855. The number of aromatic nitrogens is 2. The number of furan rings is 1. The molecule has 1 saturated heterocycles. The molecule has 0 aromatic carbocycles. The minimum atomic E-state index is -0.0654. The minimum absolute atomic E-state index is 0.0615. The van der Waals surface area contributed by atoms with Crippen molar-refractivity contribution in [2.75, 3.05) is 0 Å². The van der Waals surface area contributed by atoms with E-state index in [1.165, 1.54) is 0 Å². The van der Waals surface area contributed by atoms with Gasteiger partial charge < -0.3 is 14.6 Å². The van der Waals surface area contributed by atoms with E-state index in [1.54, 1.807) is 18.7 Å². The van der Waals surface area contributed by atoms with Crippen LogP contribution in [0.3, 0.4) is 0 Å². The van der Waals surface area contributed by atoms with Gasteiger partial charge in [0.15, 0.2) is 5.11 Å². The van der Waals surface area contributed by atoms with Gasteiger partial charge in [-0.25, -0.2) is 0 Å². The van der Waals surface area contributed by atoms with Crippen LogP contribution in [0.15, 0.2) is 71.6 Å². The van der Waals surface area contributed by atoms with Gasteiger partial charge in [-0.05, 0) is 48.6 Å². The molecule has 0 spiro atoms. The molecule has 1 aliphatic heterocycles. The number of thiocarbonyl (C=S) groups is 1. The Morgan fingerprint density at radius 1 is 1.04 bits per heavy atom. The Hall–Kier alpha value is -2.73. The Morgan fingerprint density at radius 3 is 2.54 bits per heavy atom. The van der Waals surface area contributed by atoms with Gasteiger partial charge in [0.05, 0.1) is 30.2 Å². The molecule has 5 nitrogen and oxygen atoms in total. The van der Waals surface area contributed by atoms with Crippen molar-refractivity contribution in [3.8, 4) is 0 Å². The van der Waals surface area contributed by atoms with Crippen molar-refractivity contribution in [1.29, 1.82) is 0 Å². The zero-order chi connectivity index (χ0) is 16.4. The van der Waals surface area contributed by atoms with Crippen LogP contribution in [-0.2, 0) is 6.54 Å². The molecule has 0 unspecified atom stereocenters. The van der Waals surface area contributed by atoms with E-state index in [1.807, 2.05) is 48.5 Å². The van der Waals surface area contributed by atoms with Crippen molar-refractivity contribution in [1.82, 2.24) is 20.2 Å². The van der Waals surface area contributed by atoms with Gasteiger partial charge in [0.2, 0.25) is 0 Å². The first kappa shape index (κ1) is 14.8. The third-order valence-electron chi connectivity index (χ3n) is 4.09. The van der Waals surface area contributed by atoms with Gasteiger partial charge in [0, 0.05) is 12.4 Å². The van der Waals surface area contributed by atoms with Gasteiger partial charge >= 0.3 is 0 Å². The zero-order valence-corrected chi connectivity index (χ0v) is 13.7. The molecule has 0 radical (unpaired) electrons. The van der Waals surface area contributed by atoms with E-state index >= 15 is 0 Å². The Bertz CT molecular complexity index is 808. The van der Waals surface area contributed by atoms with Crippen LogP contribution in [0.1, 0.15) is 29.2 Å². The molecular formula is C18H16N4OS. The Balaban J connectivity index is 1.71. The maximum Gasteiger partial charge on any atom is 0.170 e. The second-order valence-electron chi connectivity index (χ2n) is 5.59. The van der Waals surface area contributed by atoms with Crippen molar-refractivity contribution in [2.24, 2.45) is 0 Å². The van der Waals surface area contributed by atoms with Crippen molar-refractivity contribution >= 4 is 17.3 Å². The minimum Gasteiger partial charge on any atom is -0.467 e. The van der Waals surface area contributed by atoms with Crippen molar-refractivity contribution < 1.29 is 4.42 Å². The first-order valence-electron chi connectivity index (χ1n) is 7.74. The highest BCUT2D eigenvalue weighted by Crippen LogP contribution is 2.39. The van der Waals surface area contributed by atoms with Crippen LogP contribution in [0, 0.1) is 0 Å². The second-order valence-corrected chi connectivity index (χ2v) is 5.98. The molecule has 1 fully saturated rings. The smallest absolute Gasteiger partial charge is 0.170 e. The molecule has 0 bridgehead atoms. The molecule has 4 heterocycles. The van der Waals surface area contributed by atoms with Crippen molar-refractivity contribution in [2.45, 2.75) is 18.6 Å². The molecule has 24 heavy (non-hydrogen) atoms. The topological polar surface area (TPSA) is 54.2 Å². The lowest BCUT2D eigenvalue weighted by Gasteiger charge is -2.25. The molecule has 4 rings (SSSR count). The molecule has 1 N–H and O–H groups in total. The Kier molecular flexibility index (Phi) is 3.96. The fourth-order valence-corrected chi connectivity index (χ4v) is 3.32. The third-order valence-corrected chi connectivity index (χ3v) is 4.44. The van der Waals surface area contributed by atoms with Gasteiger partial charge in [-0.15, -0.1) is 0 Å². The third kappa shape index (κ3) is 2.76. The first-order chi connectivity index (χ1) is 11.8. The summed E-state index contributed by atoms with van der Waals surface area (Å²) in [5, 5.41) is 4.06. The summed E-state index contributed by atoms with van der Waals surface area (Å²) < 4.78 is 5.70. The standard InChI is InChI=1S/C18H16N4OS/c24-18-21-16(14-7-2-4-10-20-14)17(15-8-5-11-23-15)22(18)12-13-6-1-3-9-19-13/h1-11,16-17H,12H2,(H,21,24)/t16-,17+/m1/s1. The molecule has 0 amide bonds. The van der Waals surface area contributed by atoms with E-state index in [2.05, 4.69) is 20.2 Å². The number of hydrogen-bond donors (Lipinski definition) is 1. The van der Waals surface area contributed by atoms with E-state index in [4.69, 9.17) is 16.6 Å². The molecule has 1 aliphatic rings. The summed E-state index contributed by atoms with van der Waals surface area (Å²) in [4.78, 5) is 11.0. The highest BCUT2D eigenvalue weighted by molar-refractivity contribution is 7.80. The Morgan fingerprint density at radius 2 is 1.88 bits per heavy atom. The summed E-state index contributed by atoms with van der Waals surface area (Å²) in [7, 11) is 0. The van der Waals surface area contributed by atoms with Gasteiger partial charge in [-0.2, -0.15) is 0 Å². The predicted octanol–water partition coefficient (Wildman–Crippen LogP) is 3.24. The van der Waals surface area contributed by atoms with Crippen molar-refractivity contribution in [3.63, 3.8) is 0 Å². The molecule has 6 heteroatoms. The number of rotatable bonds is 4. The fraction of sp³-hybridized carbons (Fsp3) is 0.167. The van der Waals surface area contributed by atoms with Gasteiger partial charge in [0.25, 0.3) is 0 Å². The summed E-state index contributed by atoms with van der Waals surface area (Å²) in [6.07, 6.45) is 5.27. The Labute approximate surface area is 145 Å².